The molecule has 0 aliphatic rings. The summed E-state index contributed by atoms with van der Waals surface area (Å²) < 4.78 is 5.78. The molecule has 0 saturated carbocycles. The van der Waals surface area contributed by atoms with Crippen molar-refractivity contribution < 1.29 is 4.74 Å². The van der Waals surface area contributed by atoms with Gasteiger partial charge in [-0.2, -0.15) is 0 Å². The Morgan fingerprint density at radius 3 is 2.10 bits per heavy atom. The molecule has 0 aliphatic heterocycles. The van der Waals surface area contributed by atoms with E-state index in [1.165, 1.54) is 5.56 Å². The molecular formula is C18H23NO. The van der Waals surface area contributed by atoms with Gasteiger partial charge in [-0.15, -0.1) is 0 Å². The van der Waals surface area contributed by atoms with Gasteiger partial charge < -0.3 is 10.5 Å². The van der Waals surface area contributed by atoms with Gasteiger partial charge in [0.1, 0.15) is 11.5 Å². The smallest absolute Gasteiger partial charge is 0.127 e. The maximum atomic E-state index is 5.78. The topological polar surface area (TPSA) is 35.2 Å². The highest BCUT2D eigenvalue weighted by Gasteiger charge is 2.14. The average molecular weight is 269 g/mol. The van der Waals surface area contributed by atoms with Crippen LogP contribution in [-0.4, -0.2) is 6.54 Å². The Morgan fingerprint density at radius 1 is 0.900 bits per heavy atom. The van der Waals surface area contributed by atoms with Gasteiger partial charge in [0.05, 0.1) is 0 Å². The number of aryl methyl sites for hydroxylation is 1. The molecule has 0 fully saturated rings. The van der Waals surface area contributed by atoms with Crippen molar-refractivity contribution in [2.45, 2.75) is 26.7 Å². The zero-order valence-corrected chi connectivity index (χ0v) is 12.3. The summed E-state index contributed by atoms with van der Waals surface area (Å²) in [6, 6.07) is 18.1. The molecule has 0 saturated heterocycles. The van der Waals surface area contributed by atoms with Gasteiger partial charge >= 0.3 is 0 Å². The molecule has 106 valence electrons. The summed E-state index contributed by atoms with van der Waals surface area (Å²) in [7, 11) is 0. The van der Waals surface area contributed by atoms with E-state index in [4.69, 9.17) is 10.5 Å². The van der Waals surface area contributed by atoms with E-state index in [-0.39, 0.29) is 5.41 Å². The van der Waals surface area contributed by atoms with Crippen LogP contribution >= 0.6 is 0 Å². The van der Waals surface area contributed by atoms with Crippen molar-refractivity contribution in [3.63, 3.8) is 0 Å². The number of hydrogen-bond donors (Lipinski definition) is 1. The first kappa shape index (κ1) is 14.6. The van der Waals surface area contributed by atoms with Gasteiger partial charge in [-0.1, -0.05) is 44.2 Å². The summed E-state index contributed by atoms with van der Waals surface area (Å²) >= 11 is 0. The first-order chi connectivity index (χ1) is 9.59. The number of benzene rings is 2. The summed E-state index contributed by atoms with van der Waals surface area (Å²) in [6.07, 6.45) is 2.15. The highest BCUT2D eigenvalue weighted by molar-refractivity contribution is 5.33. The summed E-state index contributed by atoms with van der Waals surface area (Å²) in [4.78, 5) is 0. The van der Waals surface area contributed by atoms with E-state index in [9.17, 15) is 0 Å². The molecule has 0 bridgehead atoms. The molecule has 2 aromatic carbocycles. The lowest BCUT2D eigenvalue weighted by Crippen LogP contribution is -2.23. The molecule has 2 aromatic rings. The van der Waals surface area contributed by atoms with Crippen LogP contribution < -0.4 is 10.5 Å². The zero-order valence-electron chi connectivity index (χ0n) is 12.3. The van der Waals surface area contributed by atoms with Gasteiger partial charge in [-0.05, 0) is 54.6 Å². The molecule has 0 unspecified atom stereocenters. The number of rotatable bonds is 6. The van der Waals surface area contributed by atoms with Crippen LogP contribution in [0, 0.1) is 5.41 Å². The van der Waals surface area contributed by atoms with E-state index in [1.54, 1.807) is 0 Å². The molecule has 2 nitrogen and oxygen atoms in total. The van der Waals surface area contributed by atoms with Crippen molar-refractivity contribution in [2.75, 3.05) is 6.54 Å². The second-order valence-corrected chi connectivity index (χ2v) is 5.93. The van der Waals surface area contributed by atoms with Crippen LogP contribution in [0.3, 0.4) is 0 Å². The Labute approximate surface area is 121 Å². The maximum Gasteiger partial charge on any atom is 0.127 e. The fourth-order valence-electron chi connectivity index (χ4n) is 1.93. The largest absolute Gasteiger partial charge is 0.457 e. The van der Waals surface area contributed by atoms with Gasteiger partial charge in [0.15, 0.2) is 0 Å². The number of hydrogen-bond acceptors (Lipinski definition) is 2. The Bertz CT molecular complexity index is 517. The monoisotopic (exact) mass is 269 g/mol. The number of para-hydroxylation sites is 1. The Morgan fingerprint density at radius 2 is 1.50 bits per heavy atom. The van der Waals surface area contributed by atoms with Crippen LogP contribution in [0.4, 0.5) is 0 Å². The van der Waals surface area contributed by atoms with Crippen molar-refractivity contribution in [3.8, 4) is 11.5 Å². The van der Waals surface area contributed by atoms with Crippen LogP contribution in [0.25, 0.3) is 0 Å². The zero-order chi connectivity index (χ0) is 14.4. The van der Waals surface area contributed by atoms with Crippen molar-refractivity contribution >= 4 is 0 Å². The summed E-state index contributed by atoms with van der Waals surface area (Å²) in [6.45, 7) is 5.14. The molecular weight excluding hydrogens is 246 g/mol. The molecule has 20 heavy (non-hydrogen) atoms. The van der Waals surface area contributed by atoms with Crippen molar-refractivity contribution in [3.05, 3.63) is 60.2 Å². The average Bonchev–Trinajstić information content (AvgIpc) is 2.48. The maximum absolute atomic E-state index is 5.78. The SMILES string of the molecule is CC(C)(CN)CCc1ccc(Oc2ccccc2)cc1. The quantitative estimate of drug-likeness (QED) is 0.843. The summed E-state index contributed by atoms with van der Waals surface area (Å²) in [5.41, 5.74) is 7.29. The Hall–Kier alpha value is -1.80. The van der Waals surface area contributed by atoms with Gasteiger partial charge in [0.25, 0.3) is 0 Å². The first-order valence-corrected chi connectivity index (χ1v) is 7.11. The van der Waals surface area contributed by atoms with Crippen molar-refractivity contribution in [1.82, 2.24) is 0 Å². The van der Waals surface area contributed by atoms with Gasteiger partial charge in [-0.3, -0.25) is 0 Å². The standard InChI is InChI=1S/C18H23NO/c1-18(2,14-19)13-12-15-8-10-17(11-9-15)20-16-6-4-3-5-7-16/h3-11H,12-14,19H2,1-2H3. The molecule has 0 aliphatic carbocycles. The highest BCUT2D eigenvalue weighted by Crippen LogP contribution is 2.24. The first-order valence-electron chi connectivity index (χ1n) is 7.11. The fourth-order valence-corrected chi connectivity index (χ4v) is 1.93. The van der Waals surface area contributed by atoms with Crippen LogP contribution in [0.15, 0.2) is 54.6 Å². The minimum absolute atomic E-state index is 0.208. The molecule has 2 N–H and O–H groups in total. The third kappa shape index (κ3) is 4.39. The molecule has 0 radical (unpaired) electrons. The molecule has 0 heterocycles. The predicted molar refractivity (Wildman–Crippen MR) is 84.1 cm³/mol. The second kappa shape index (κ2) is 6.58. The minimum atomic E-state index is 0.208. The van der Waals surface area contributed by atoms with Gasteiger partial charge in [0, 0.05) is 0 Å². The normalized spacial score (nSPS) is 11.3. The lowest BCUT2D eigenvalue weighted by molar-refractivity contribution is 0.348. The molecule has 0 spiro atoms. The minimum Gasteiger partial charge on any atom is -0.457 e. The Kier molecular flexibility index (Phi) is 4.80. The number of ether oxygens (including phenoxy) is 1. The highest BCUT2D eigenvalue weighted by atomic mass is 16.5. The predicted octanol–water partition coefficient (Wildman–Crippen LogP) is 4.40. The fraction of sp³-hybridized carbons (Fsp3) is 0.333. The Balaban J connectivity index is 1.93. The third-order valence-electron chi connectivity index (χ3n) is 3.55. The van der Waals surface area contributed by atoms with Crippen LogP contribution in [0.1, 0.15) is 25.8 Å². The molecule has 0 amide bonds. The third-order valence-corrected chi connectivity index (χ3v) is 3.55. The van der Waals surface area contributed by atoms with Gasteiger partial charge in [0.2, 0.25) is 0 Å². The molecule has 2 heteroatoms. The lowest BCUT2D eigenvalue weighted by Gasteiger charge is -2.22. The van der Waals surface area contributed by atoms with Crippen LogP contribution in [-0.2, 0) is 6.42 Å². The molecule has 0 aromatic heterocycles. The molecule has 0 atom stereocenters. The summed E-state index contributed by atoms with van der Waals surface area (Å²) in [5.74, 6) is 1.74. The van der Waals surface area contributed by atoms with E-state index in [0.29, 0.717) is 0 Å². The van der Waals surface area contributed by atoms with Crippen LogP contribution in [0.2, 0.25) is 0 Å². The number of nitrogens with two attached hydrogens (primary N) is 1. The van der Waals surface area contributed by atoms with E-state index in [1.807, 2.05) is 42.5 Å². The lowest BCUT2D eigenvalue weighted by atomic mass is 9.86. The van der Waals surface area contributed by atoms with Crippen molar-refractivity contribution in [1.29, 1.82) is 0 Å². The van der Waals surface area contributed by atoms with E-state index in [0.717, 1.165) is 30.9 Å². The van der Waals surface area contributed by atoms with E-state index >= 15 is 0 Å². The van der Waals surface area contributed by atoms with E-state index in [2.05, 4.69) is 26.0 Å². The second-order valence-electron chi connectivity index (χ2n) is 5.93. The van der Waals surface area contributed by atoms with Crippen LogP contribution in [0.5, 0.6) is 11.5 Å². The van der Waals surface area contributed by atoms with E-state index < -0.39 is 0 Å². The summed E-state index contributed by atoms with van der Waals surface area (Å²) in [5, 5.41) is 0. The van der Waals surface area contributed by atoms with Crippen molar-refractivity contribution in [2.24, 2.45) is 11.1 Å². The van der Waals surface area contributed by atoms with Gasteiger partial charge in [-0.25, -0.2) is 0 Å². The molecule has 2 rings (SSSR count).